The number of halogens is 2. The number of rotatable bonds is 13. The van der Waals surface area contributed by atoms with Gasteiger partial charge < -0.3 is 34.3 Å². The molecule has 0 bridgehead atoms. The summed E-state index contributed by atoms with van der Waals surface area (Å²) in [4.78, 5) is 4.46. The third kappa shape index (κ3) is 8.28. The highest BCUT2D eigenvalue weighted by atomic mass is 19.3. The SMILES string of the molecule is CCNC(=NCc1cc2c(cc1OC(F)F)OCO2)NCCCCOCCOC. The zero-order chi connectivity index (χ0) is 20.9. The standard InChI is InChI=1S/C19H29F2N3O5/c1-3-22-19(23-6-4-5-7-26-9-8-25-2)24-12-14-10-16-17(28-13-27-16)11-15(14)29-18(20)21/h10-11,18H,3-9,12-13H2,1-2H3,(H2,22,23,24). The lowest BCUT2D eigenvalue weighted by atomic mass is 10.1. The first-order chi connectivity index (χ1) is 14.1. The van der Waals surface area contributed by atoms with E-state index >= 15 is 0 Å². The Balaban J connectivity index is 1.88. The van der Waals surface area contributed by atoms with Crippen LogP contribution in [-0.2, 0) is 16.0 Å². The van der Waals surface area contributed by atoms with Gasteiger partial charge in [-0.3, -0.25) is 0 Å². The Morgan fingerprint density at radius 1 is 1.14 bits per heavy atom. The fourth-order valence-corrected chi connectivity index (χ4v) is 2.58. The Morgan fingerprint density at radius 3 is 2.66 bits per heavy atom. The van der Waals surface area contributed by atoms with Crippen LogP contribution in [0.3, 0.4) is 0 Å². The van der Waals surface area contributed by atoms with Gasteiger partial charge in [-0.2, -0.15) is 8.78 Å². The van der Waals surface area contributed by atoms with Crippen LogP contribution in [0.4, 0.5) is 8.78 Å². The minimum atomic E-state index is -2.93. The number of benzene rings is 1. The normalized spacial score (nSPS) is 13.1. The summed E-state index contributed by atoms with van der Waals surface area (Å²) in [6.07, 6.45) is 1.81. The molecule has 1 aliphatic heterocycles. The van der Waals surface area contributed by atoms with Gasteiger partial charge >= 0.3 is 6.61 Å². The number of nitrogens with one attached hydrogen (secondary N) is 2. The molecular formula is C19H29F2N3O5. The number of hydrogen-bond donors (Lipinski definition) is 2. The zero-order valence-corrected chi connectivity index (χ0v) is 16.8. The first-order valence-corrected chi connectivity index (χ1v) is 9.60. The third-order valence-corrected chi connectivity index (χ3v) is 3.96. The maximum Gasteiger partial charge on any atom is 0.387 e. The smallest absolute Gasteiger partial charge is 0.387 e. The topological polar surface area (TPSA) is 82.6 Å². The van der Waals surface area contributed by atoms with E-state index in [4.69, 9.17) is 18.9 Å². The molecule has 1 heterocycles. The highest BCUT2D eigenvalue weighted by Crippen LogP contribution is 2.38. The van der Waals surface area contributed by atoms with Crippen LogP contribution in [0.2, 0.25) is 0 Å². The van der Waals surface area contributed by atoms with Crippen molar-refractivity contribution >= 4 is 5.96 Å². The summed E-state index contributed by atoms with van der Waals surface area (Å²) in [6.45, 7) is 2.45. The largest absolute Gasteiger partial charge is 0.454 e. The number of alkyl halides is 2. The average molecular weight is 417 g/mol. The van der Waals surface area contributed by atoms with Crippen molar-refractivity contribution in [1.82, 2.24) is 10.6 Å². The van der Waals surface area contributed by atoms with Gasteiger partial charge in [-0.05, 0) is 25.8 Å². The molecule has 1 aromatic carbocycles. The molecule has 10 heteroatoms. The van der Waals surface area contributed by atoms with Crippen molar-refractivity contribution in [2.45, 2.75) is 32.9 Å². The number of hydrogen-bond acceptors (Lipinski definition) is 6. The van der Waals surface area contributed by atoms with Crippen LogP contribution in [0.1, 0.15) is 25.3 Å². The van der Waals surface area contributed by atoms with Crippen LogP contribution >= 0.6 is 0 Å². The molecule has 1 aliphatic rings. The summed E-state index contributed by atoms with van der Waals surface area (Å²) in [7, 11) is 1.64. The lowest BCUT2D eigenvalue weighted by Crippen LogP contribution is -2.37. The molecule has 0 radical (unpaired) electrons. The minimum Gasteiger partial charge on any atom is -0.454 e. The Bertz CT molecular complexity index is 647. The molecule has 0 saturated heterocycles. The summed E-state index contributed by atoms with van der Waals surface area (Å²) >= 11 is 0. The monoisotopic (exact) mass is 417 g/mol. The summed E-state index contributed by atoms with van der Waals surface area (Å²) in [5.74, 6) is 1.49. The van der Waals surface area contributed by atoms with Gasteiger partial charge in [0, 0.05) is 38.4 Å². The van der Waals surface area contributed by atoms with Gasteiger partial charge in [0.2, 0.25) is 6.79 Å². The molecule has 0 amide bonds. The van der Waals surface area contributed by atoms with E-state index in [1.807, 2.05) is 6.92 Å². The minimum absolute atomic E-state index is 0.0251. The van der Waals surface area contributed by atoms with Crippen molar-refractivity contribution in [2.75, 3.05) is 46.8 Å². The van der Waals surface area contributed by atoms with Crippen molar-refractivity contribution in [3.05, 3.63) is 17.7 Å². The molecule has 29 heavy (non-hydrogen) atoms. The molecule has 2 N–H and O–H groups in total. The van der Waals surface area contributed by atoms with E-state index in [1.165, 1.54) is 6.07 Å². The summed E-state index contributed by atoms with van der Waals surface area (Å²) < 4.78 is 51.0. The van der Waals surface area contributed by atoms with Crippen LogP contribution in [0.5, 0.6) is 17.2 Å². The molecule has 0 saturated carbocycles. The van der Waals surface area contributed by atoms with E-state index in [-0.39, 0.29) is 19.1 Å². The van der Waals surface area contributed by atoms with Crippen molar-refractivity contribution in [2.24, 2.45) is 4.99 Å². The first kappa shape index (κ1) is 23.0. The van der Waals surface area contributed by atoms with Gasteiger partial charge in [-0.15, -0.1) is 0 Å². The predicted molar refractivity (Wildman–Crippen MR) is 104 cm³/mol. The number of nitrogens with zero attached hydrogens (tertiary/aromatic N) is 1. The second-order valence-electron chi connectivity index (χ2n) is 6.13. The molecule has 0 atom stereocenters. The van der Waals surface area contributed by atoms with E-state index in [9.17, 15) is 8.78 Å². The van der Waals surface area contributed by atoms with Gasteiger partial charge in [-0.25, -0.2) is 4.99 Å². The van der Waals surface area contributed by atoms with Gasteiger partial charge in [-0.1, -0.05) is 0 Å². The quantitative estimate of drug-likeness (QED) is 0.290. The second-order valence-corrected chi connectivity index (χ2v) is 6.13. The zero-order valence-electron chi connectivity index (χ0n) is 16.8. The first-order valence-electron chi connectivity index (χ1n) is 9.60. The van der Waals surface area contributed by atoms with Crippen molar-refractivity contribution < 1.29 is 32.5 Å². The fraction of sp³-hybridized carbons (Fsp3) is 0.632. The van der Waals surface area contributed by atoms with Crippen LogP contribution < -0.4 is 24.8 Å². The predicted octanol–water partition coefficient (Wildman–Crippen LogP) is 2.52. The third-order valence-electron chi connectivity index (χ3n) is 3.96. The maximum absolute atomic E-state index is 12.7. The van der Waals surface area contributed by atoms with Gasteiger partial charge in [0.15, 0.2) is 17.5 Å². The van der Waals surface area contributed by atoms with Crippen molar-refractivity contribution in [3.63, 3.8) is 0 Å². The van der Waals surface area contributed by atoms with Crippen LogP contribution in [0, 0.1) is 0 Å². The summed E-state index contributed by atoms with van der Waals surface area (Å²) in [5, 5.41) is 6.35. The Kier molecular flexibility index (Phi) is 10.3. The van der Waals surface area contributed by atoms with Gasteiger partial charge in [0.1, 0.15) is 5.75 Å². The molecule has 0 fully saturated rings. The van der Waals surface area contributed by atoms with E-state index in [0.717, 1.165) is 12.8 Å². The number of methoxy groups -OCH3 is 1. The van der Waals surface area contributed by atoms with Crippen molar-refractivity contribution in [3.8, 4) is 17.2 Å². The molecule has 0 aliphatic carbocycles. The van der Waals surface area contributed by atoms with Gasteiger partial charge in [0.05, 0.1) is 19.8 Å². The maximum atomic E-state index is 12.7. The van der Waals surface area contributed by atoms with E-state index in [2.05, 4.69) is 20.4 Å². The molecule has 1 aromatic rings. The number of guanidine groups is 1. The van der Waals surface area contributed by atoms with E-state index in [1.54, 1.807) is 13.2 Å². The highest BCUT2D eigenvalue weighted by Gasteiger charge is 2.20. The van der Waals surface area contributed by atoms with E-state index in [0.29, 0.717) is 55.9 Å². The van der Waals surface area contributed by atoms with E-state index < -0.39 is 6.61 Å². The molecule has 2 rings (SSSR count). The molecular weight excluding hydrogens is 388 g/mol. The van der Waals surface area contributed by atoms with Crippen LogP contribution in [0.25, 0.3) is 0 Å². The highest BCUT2D eigenvalue weighted by molar-refractivity contribution is 5.79. The number of ether oxygens (including phenoxy) is 5. The number of aliphatic imine (C=N–C) groups is 1. The van der Waals surface area contributed by atoms with Gasteiger partial charge in [0.25, 0.3) is 0 Å². The van der Waals surface area contributed by atoms with Crippen LogP contribution in [0.15, 0.2) is 17.1 Å². The Morgan fingerprint density at radius 2 is 1.93 bits per heavy atom. The fourth-order valence-electron chi connectivity index (χ4n) is 2.58. The number of fused-ring (bicyclic) bond motifs is 1. The molecule has 0 unspecified atom stereocenters. The number of unbranched alkanes of at least 4 members (excludes halogenated alkanes) is 1. The molecule has 8 nitrogen and oxygen atoms in total. The van der Waals surface area contributed by atoms with Crippen LogP contribution in [-0.4, -0.2) is 59.4 Å². The lowest BCUT2D eigenvalue weighted by molar-refractivity contribution is -0.0505. The Labute approximate surface area is 169 Å². The van der Waals surface area contributed by atoms with Crippen molar-refractivity contribution in [1.29, 1.82) is 0 Å². The summed E-state index contributed by atoms with van der Waals surface area (Å²) in [5.41, 5.74) is 0.485. The summed E-state index contributed by atoms with van der Waals surface area (Å²) in [6, 6.07) is 3.02. The molecule has 0 aromatic heterocycles. The second kappa shape index (κ2) is 13.0. The molecule has 0 spiro atoms. The molecule has 164 valence electrons. The average Bonchev–Trinajstić information content (AvgIpc) is 3.14. The lowest BCUT2D eigenvalue weighted by Gasteiger charge is -2.13. The Hall–Kier alpha value is -2.33.